The Hall–Kier alpha value is -0.940. The Morgan fingerprint density at radius 3 is 2.62 bits per heavy atom. The number of hydrogen-bond donors (Lipinski definition) is 3. The third-order valence-corrected chi connectivity index (χ3v) is 9.83. The van der Waals surface area contributed by atoms with Crippen molar-refractivity contribution in [3.05, 3.63) is 11.9 Å². The Kier molecular flexibility index (Phi) is 5.39. The van der Waals surface area contributed by atoms with Crippen molar-refractivity contribution in [3.63, 3.8) is 0 Å². The van der Waals surface area contributed by atoms with Crippen molar-refractivity contribution in [2.24, 2.45) is 46.3 Å². The zero-order valence-electron chi connectivity index (χ0n) is 18.0. The maximum atomic E-state index is 14.4. The second-order valence-electron chi connectivity index (χ2n) is 11.1. The van der Waals surface area contributed by atoms with E-state index in [0.29, 0.717) is 37.0 Å². The van der Waals surface area contributed by atoms with Gasteiger partial charge in [0.15, 0.2) is 0 Å². The molecule has 5 heteroatoms. The maximum absolute atomic E-state index is 14.4. The number of hydrogen-bond acceptors (Lipinski definition) is 3. The van der Waals surface area contributed by atoms with Gasteiger partial charge in [-0.3, -0.25) is 4.79 Å². The van der Waals surface area contributed by atoms with Crippen LogP contribution in [0.5, 0.6) is 0 Å². The van der Waals surface area contributed by atoms with Gasteiger partial charge in [-0.15, -0.1) is 0 Å². The van der Waals surface area contributed by atoms with E-state index in [1.165, 1.54) is 0 Å². The summed E-state index contributed by atoms with van der Waals surface area (Å²) < 4.78 is 14.4. The Morgan fingerprint density at radius 1 is 1.21 bits per heavy atom. The average Bonchev–Trinajstić information content (AvgIpc) is 2.99. The monoisotopic (exact) mass is 408 g/mol. The first-order valence-corrected chi connectivity index (χ1v) is 11.5. The van der Waals surface area contributed by atoms with Crippen molar-refractivity contribution < 1.29 is 24.5 Å². The summed E-state index contributed by atoms with van der Waals surface area (Å²) in [6.07, 6.45) is 6.49. The van der Waals surface area contributed by atoms with E-state index in [9.17, 15) is 19.4 Å². The van der Waals surface area contributed by atoms with Gasteiger partial charge in [0.2, 0.25) is 0 Å². The van der Waals surface area contributed by atoms with Crippen molar-refractivity contribution in [2.45, 2.75) is 84.3 Å². The molecule has 10 atom stereocenters. The molecule has 3 saturated carbocycles. The van der Waals surface area contributed by atoms with Crippen molar-refractivity contribution in [3.8, 4) is 0 Å². The summed E-state index contributed by atoms with van der Waals surface area (Å²) in [6, 6.07) is 0. The van der Waals surface area contributed by atoms with Gasteiger partial charge >= 0.3 is 5.97 Å². The minimum Gasteiger partial charge on any atom is -0.481 e. The molecular formula is C24H37FO4. The smallest absolute Gasteiger partial charge is 0.303 e. The standard InChI is InChI=1S/C24H37FO4/c1-13(4-7-21(28)29)15-5-6-16-22-17(8-9-23(15,16)2)24(3)12-18(25)19(26)10-14(24)11-20(22)27/h12-17,19-20,22,26-27H,4-11H2,1-3H3,(H,28,29)/t13-,14+,15-,16?,17?,19-,20?,22?,23-,24+/m1/s1. The molecule has 0 aromatic carbocycles. The number of carbonyl (C=O) groups is 1. The molecule has 0 aromatic rings. The molecule has 3 fully saturated rings. The predicted molar refractivity (Wildman–Crippen MR) is 109 cm³/mol. The molecule has 0 spiro atoms. The zero-order chi connectivity index (χ0) is 21.1. The first-order valence-electron chi connectivity index (χ1n) is 11.5. The lowest BCUT2D eigenvalue weighted by atomic mass is 9.44. The third-order valence-electron chi connectivity index (χ3n) is 9.83. The molecule has 0 saturated heterocycles. The number of carboxylic acids is 1. The number of carboxylic acid groups (broad SMARTS) is 1. The summed E-state index contributed by atoms with van der Waals surface area (Å²) in [5, 5.41) is 30.3. The van der Waals surface area contributed by atoms with E-state index in [-0.39, 0.29) is 40.8 Å². The van der Waals surface area contributed by atoms with Crippen LogP contribution in [0.4, 0.5) is 4.39 Å². The molecule has 164 valence electrons. The van der Waals surface area contributed by atoms with Crippen molar-refractivity contribution in [2.75, 3.05) is 0 Å². The van der Waals surface area contributed by atoms with E-state index in [1.54, 1.807) is 6.08 Å². The first-order chi connectivity index (χ1) is 13.6. The van der Waals surface area contributed by atoms with Crippen LogP contribution in [-0.4, -0.2) is 33.5 Å². The highest BCUT2D eigenvalue weighted by Crippen LogP contribution is 2.68. The molecule has 0 aliphatic heterocycles. The molecule has 4 rings (SSSR count). The molecule has 3 N–H and O–H groups in total. The van der Waals surface area contributed by atoms with Crippen LogP contribution in [0, 0.1) is 46.3 Å². The lowest BCUT2D eigenvalue weighted by Crippen LogP contribution is -2.58. The quantitative estimate of drug-likeness (QED) is 0.638. The number of rotatable bonds is 4. The molecular weight excluding hydrogens is 371 g/mol. The summed E-state index contributed by atoms with van der Waals surface area (Å²) >= 11 is 0. The fraction of sp³-hybridized carbons (Fsp3) is 0.875. The van der Waals surface area contributed by atoms with Crippen LogP contribution >= 0.6 is 0 Å². The Bertz CT molecular complexity index is 692. The molecule has 0 bridgehead atoms. The fourth-order valence-corrected chi connectivity index (χ4v) is 8.34. The van der Waals surface area contributed by atoms with Crippen molar-refractivity contribution >= 4 is 5.97 Å². The number of aliphatic hydroxyl groups excluding tert-OH is 2. The largest absolute Gasteiger partial charge is 0.481 e. The molecule has 0 radical (unpaired) electrons. The van der Waals surface area contributed by atoms with Crippen molar-refractivity contribution in [1.29, 1.82) is 0 Å². The normalized spacial score (nSPS) is 50.1. The van der Waals surface area contributed by atoms with Gasteiger partial charge in [0, 0.05) is 6.42 Å². The van der Waals surface area contributed by atoms with Gasteiger partial charge < -0.3 is 15.3 Å². The van der Waals surface area contributed by atoms with Crippen LogP contribution in [0.15, 0.2) is 11.9 Å². The number of aliphatic carboxylic acids is 1. The second kappa shape index (κ2) is 7.33. The van der Waals surface area contributed by atoms with Gasteiger partial charge in [-0.2, -0.15) is 0 Å². The third kappa shape index (κ3) is 3.27. The van der Waals surface area contributed by atoms with Crippen molar-refractivity contribution in [1.82, 2.24) is 0 Å². The minimum atomic E-state index is -1.02. The van der Waals surface area contributed by atoms with Gasteiger partial charge in [0.25, 0.3) is 0 Å². The fourth-order valence-electron chi connectivity index (χ4n) is 8.34. The van der Waals surface area contributed by atoms with E-state index in [2.05, 4.69) is 20.8 Å². The second-order valence-corrected chi connectivity index (χ2v) is 11.1. The number of allylic oxidation sites excluding steroid dienone is 1. The average molecular weight is 409 g/mol. The molecule has 0 heterocycles. The Morgan fingerprint density at radius 2 is 1.93 bits per heavy atom. The van der Waals surface area contributed by atoms with Gasteiger partial charge in [0.1, 0.15) is 11.9 Å². The molecule has 4 aliphatic rings. The Labute approximate surface area is 173 Å². The lowest BCUT2D eigenvalue weighted by molar-refractivity contribution is -0.148. The van der Waals surface area contributed by atoms with E-state index in [1.807, 2.05) is 0 Å². The minimum absolute atomic E-state index is 0.125. The van der Waals surface area contributed by atoms with E-state index in [4.69, 9.17) is 5.11 Å². The van der Waals surface area contributed by atoms with Crippen LogP contribution in [0.1, 0.15) is 72.1 Å². The van der Waals surface area contributed by atoms with Gasteiger partial charge in [-0.1, -0.05) is 20.8 Å². The van der Waals surface area contributed by atoms with Gasteiger partial charge in [-0.05, 0) is 97.4 Å². The van der Waals surface area contributed by atoms with Crippen LogP contribution in [0.3, 0.4) is 0 Å². The number of fused-ring (bicyclic) bond motifs is 5. The summed E-state index contributed by atoms with van der Waals surface area (Å²) in [4.78, 5) is 11.0. The Balaban J connectivity index is 1.60. The van der Waals surface area contributed by atoms with Crippen LogP contribution in [0.2, 0.25) is 0 Å². The predicted octanol–water partition coefficient (Wildman–Crippen LogP) is 4.55. The summed E-state index contributed by atoms with van der Waals surface area (Å²) in [6.45, 7) is 6.71. The molecule has 29 heavy (non-hydrogen) atoms. The summed E-state index contributed by atoms with van der Waals surface area (Å²) in [5.41, 5.74) is -0.165. The SMILES string of the molecule is C[C@H](CCC(=O)O)[C@H]1CCC2C3C(O)C[C@@H]4C[C@@H](O)C(F)=C[C@]4(C)C3CC[C@@]21C. The molecule has 4 aliphatic carbocycles. The van der Waals surface area contributed by atoms with Gasteiger partial charge in [-0.25, -0.2) is 4.39 Å². The highest BCUT2D eigenvalue weighted by Gasteiger charge is 2.62. The van der Waals surface area contributed by atoms with Crippen LogP contribution in [-0.2, 0) is 4.79 Å². The lowest BCUT2D eigenvalue weighted by Gasteiger charge is -2.61. The molecule has 0 amide bonds. The van der Waals surface area contributed by atoms with E-state index >= 15 is 0 Å². The van der Waals surface area contributed by atoms with E-state index in [0.717, 1.165) is 25.7 Å². The summed E-state index contributed by atoms with van der Waals surface area (Å²) in [5.74, 6) is 0.703. The number of halogens is 1. The first kappa shape index (κ1) is 21.3. The van der Waals surface area contributed by atoms with E-state index < -0.39 is 18.2 Å². The highest BCUT2D eigenvalue weighted by atomic mass is 19.1. The molecule has 0 aromatic heterocycles. The van der Waals surface area contributed by atoms with Crippen LogP contribution < -0.4 is 0 Å². The van der Waals surface area contributed by atoms with Crippen LogP contribution in [0.25, 0.3) is 0 Å². The number of aliphatic hydroxyl groups is 2. The molecule has 4 nitrogen and oxygen atoms in total. The maximum Gasteiger partial charge on any atom is 0.303 e. The molecule has 4 unspecified atom stereocenters. The van der Waals surface area contributed by atoms with Gasteiger partial charge in [0.05, 0.1) is 6.10 Å². The summed E-state index contributed by atoms with van der Waals surface area (Å²) in [7, 11) is 0. The zero-order valence-corrected chi connectivity index (χ0v) is 18.0. The topological polar surface area (TPSA) is 77.8 Å². The highest BCUT2D eigenvalue weighted by molar-refractivity contribution is 5.66.